The first-order valence-electron chi connectivity index (χ1n) is 15.1. The lowest BCUT2D eigenvalue weighted by molar-refractivity contribution is -0.346. The highest BCUT2D eigenvalue weighted by atomic mass is 16.8. The molecule has 11 nitrogen and oxygen atoms in total. The summed E-state index contributed by atoms with van der Waals surface area (Å²) in [4.78, 5) is 41.1. The van der Waals surface area contributed by atoms with Gasteiger partial charge in [0, 0.05) is 18.9 Å². The summed E-state index contributed by atoms with van der Waals surface area (Å²) >= 11 is 0. The normalized spacial score (nSPS) is 42.0. The van der Waals surface area contributed by atoms with Crippen LogP contribution in [0.5, 0.6) is 0 Å². The van der Waals surface area contributed by atoms with E-state index in [0.717, 1.165) is 5.57 Å². The van der Waals surface area contributed by atoms with E-state index in [1.807, 2.05) is 19.9 Å². The van der Waals surface area contributed by atoms with Gasteiger partial charge in [-0.25, -0.2) is 0 Å². The number of hydrogen-bond acceptors (Lipinski definition) is 9. The molecular formula is C32H44N2O9. The van der Waals surface area contributed by atoms with Crippen LogP contribution in [0.1, 0.15) is 54.4 Å². The van der Waals surface area contributed by atoms with E-state index < -0.39 is 65.1 Å². The van der Waals surface area contributed by atoms with Gasteiger partial charge in [-0.1, -0.05) is 44.6 Å². The number of allylic oxidation sites excluding steroid dienone is 3. The van der Waals surface area contributed by atoms with Crippen molar-refractivity contribution in [1.82, 2.24) is 10.2 Å². The van der Waals surface area contributed by atoms with Crippen LogP contribution in [0.4, 0.5) is 0 Å². The maximum absolute atomic E-state index is 13.6. The highest BCUT2D eigenvalue weighted by Gasteiger charge is 2.66. The lowest BCUT2D eigenvalue weighted by Gasteiger charge is -2.51. The van der Waals surface area contributed by atoms with Gasteiger partial charge in [0.15, 0.2) is 11.4 Å². The maximum Gasteiger partial charge on any atom is 0.264 e. The third-order valence-electron chi connectivity index (χ3n) is 9.67. The zero-order valence-electron chi connectivity index (χ0n) is 25.9. The molecule has 43 heavy (non-hydrogen) atoms. The molecule has 236 valence electrons. The fraction of sp³-hybridized carbons (Fsp3) is 0.656. The van der Waals surface area contributed by atoms with Gasteiger partial charge in [-0.15, -0.1) is 0 Å². The number of fused-ring (bicyclic) bond motifs is 3. The molecule has 0 radical (unpaired) electrons. The van der Waals surface area contributed by atoms with E-state index in [0.29, 0.717) is 19.4 Å². The molecule has 4 fully saturated rings. The standard InChI is InChI=1S/C32H44N2O9/c1-16(14-17(2)28-18(3)23-12-13-32(15-40-32)31(6,42-23)43-28)8-9-22(36)25-27(37)26(19(4)29(38)33-7)34(30(25)39)24-11-10-21(35)20(5)41-24/h8-9,12-14,17-21,23-24,26,28,35-36H,10-11,15H2,1-7H3,(H,33,38)/b9-8-,16-14+,25-22+/t17-,18+,19+,20-,21-,23-,24-,26-,28+,31-,32+/m0/s1. The van der Waals surface area contributed by atoms with Crippen molar-refractivity contribution >= 4 is 17.6 Å². The number of rotatable bonds is 7. The summed E-state index contributed by atoms with van der Waals surface area (Å²) in [5.74, 6) is -3.93. The molecule has 1 spiro atoms. The summed E-state index contributed by atoms with van der Waals surface area (Å²) < 4.78 is 24.3. The zero-order valence-corrected chi connectivity index (χ0v) is 25.9. The molecule has 0 aromatic carbocycles. The Hall–Kier alpha value is -2.83. The lowest BCUT2D eigenvalue weighted by atomic mass is 9.82. The number of likely N-dealkylation sites (tertiary alicyclic amines) is 1. The number of aliphatic hydroxyl groups excluding tert-OH is 2. The predicted octanol–water partition coefficient (Wildman–Crippen LogP) is 2.46. The number of ketones is 1. The van der Waals surface area contributed by atoms with Crippen LogP contribution in [0.15, 0.2) is 47.3 Å². The largest absolute Gasteiger partial charge is 0.507 e. The van der Waals surface area contributed by atoms with Crippen molar-refractivity contribution in [2.24, 2.45) is 17.8 Å². The van der Waals surface area contributed by atoms with Crippen molar-refractivity contribution in [3.8, 4) is 0 Å². The quantitative estimate of drug-likeness (QED) is 0.100. The third kappa shape index (κ3) is 5.50. The van der Waals surface area contributed by atoms with Crippen molar-refractivity contribution in [3.63, 3.8) is 0 Å². The second kappa shape index (κ2) is 11.6. The van der Waals surface area contributed by atoms with Crippen molar-refractivity contribution in [2.45, 2.75) is 102 Å². The number of carbonyl (C=O) groups excluding carboxylic acids is 3. The molecule has 5 aliphatic rings. The minimum atomic E-state index is -1.15. The van der Waals surface area contributed by atoms with Crippen LogP contribution in [-0.4, -0.2) is 94.4 Å². The summed E-state index contributed by atoms with van der Waals surface area (Å²) in [7, 11) is 1.46. The summed E-state index contributed by atoms with van der Waals surface area (Å²) in [6.45, 7) is 11.7. The SMILES string of the molecule is CNC(=O)[C@H](C)[C@H]1C(=O)/C(=C(O)/C=C\C(C)=C\[C@H](C)[C@H]2O[C@]3(C)O[C@@H](C=C[C@@]34CO4)[C@H]2C)C(=O)N1[C@@H]1CC[C@H](O)[C@H](C)O1. The van der Waals surface area contributed by atoms with Crippen LogP contribution >= 0.6 is 0 Å². The fourth-order valence-corrected chi connectivity index (χ4v) is 6.82. The molecule has 11 atom stereocenters. The number of nitrogens with zero attached hydrogens (tertiary/aromatic N) is 1. The van der Waals surface area contributed by atoms with Crippen molar-refractivity contribution < 1.29 is 43.5 Å². The van der Waals surface area contributed by atoms with E-state index in [2.05, 4.69) is 31.3 Å². The Labute approximate surface area is 252 Å². The Kier molecular flexibility index (Phi) is 8.51. The van der Waals surface area contributed by atoms with Gasteiger partial charge in [-0.05, 0) is 45.8 Å². The highest BCUT2D eigenvalue weighted by Crippen LogP contribution is 2.52. The second-order valence-corrected chi connectivity index (χ2v) is 12.7. The highest BCUT2D eigenvalue weighted by molar-refractivity contribution is 6.27. The fourth-order valence-electron chi connectivity index (χ4n) is 6.82. The summed E-state index contributed by atoms with van der Waals surface area (Å²) in [5, 5.41) is 23.7. The van der Waals surface area contributed by atoms with Crippen molar-refractivity contribution in [1.29, 1.82) is 0 Å². The average Bonchev–Trinajstić information content (AvgIpc) is 3.71. The minimum absolute atomic E-state index is 0.0220. The van der Waals surface area contributed by atoms with Gasteiger partial charge in [0.05, 0.1) is 36.9 Å². The number of nitrogens with one attached hydrogen (secondary N) is 1. The molecule has 4 saturated heterocycles. The van der Waals surface area contributed by atoms with Crippen LogP contribution in [-0.2, 0) is 33.3 Å². The lowest BCUT2D eigenvalue weighted by Crippen LogP contribution is -2.61. The van der Waals surface area contributed by atoms with Crippen LogP contribution in [0.3, 0.4) is 0 Å². The van der Waals surface area contributed by atoms with E-state index in [4.69, 9.17) is 18.9 Å². The van der Waals surface area contributed by atoms with Crippen molar-refractivity contribution in [3.05, 3.63) is 47.3 Å². The van der Waals surface area contributed by atoms with Gasteiger partial charge < -0.3 is 39.4 Å². The summed E-state index contributed by atoms with van der Waals surface area (Å²) in [5.41, 5.74) is -0.127. The molecule has 0 unspecified atom stereocenters. The second-order valence-electron chi connectivity index (χ2n) is 12.7. The first-order chi connectivity index (χ1) is 20.2. The molecule has 2 bridgehead atoms. The smallest absolute Gasteiger partial charge is 0.264 e. The summed E-state index contributed by atoms with van der Waals surface area (Å²) in [6, 6.07) is -1.15. The van der Waals surface area contributed by atoms with Gasteiger partial charge in [-0.2, -0.15) is 0 Å². The van der Waals surface area contributed by atoms with Gasteiger partial charge in [0.2, 0.25) is 11.7 Å². The van der Waals surface area contributed by atoms with Gasteiger partial charge in [0.25, 0.3) is 5.91 Å². The molecule has 11 heteroatoms. The number of hydrogen-bond donors (Lipinski definition) is 3. The van der Waals surface area contributed by atoms with Crippen LogP contribution in [0, 0.1) is 17.8 Å². The van der Waals surface area contributed by atoms with Gasteiger partial charge >= 0.3 is 0 Å². The van der Waals surface area contributed by atoms with Crippen LogP contribution < -0.4 is 5.32 Å². The van der Waals surface area contributed by atoms with Crippen LogP contribution in [0.2, 0.25) is 0 Å². The minimum Gasteiger partial charge on any atom is -0.507 e. The van der Waals surface area contributed by atoms with Gasteiger partial charge in [0.1, 0.15) is 23.6 Å². The third-order valence-corrected chi connectivity index (χ3v) is 9.67. The molecule has 5 aliphatic heterocycles. The molecule has 0 aliphatic carbocycles. The first kappa shape index (κ1) is 31.6. The average molecular weight is 601 g/mol. The van der Waals surface area contributed by atoms with Crippen LogP contribution in [0.25, 0.3) is 0 Å². The molecule has 5 heterocycles. The number of aliphatic hydroxyl groups is 2. The Morgan fingerprint density at radius 3 is 2.51 bits per heavy atom. The van der Waals surface area contributed by atoms with Crippen molar-refractivity contribution in [2.75, 3.05) is 13.7 Å². The molecular weight excluding hydrogens is 556 g/mol. The number of carbonyl (C=O) groups is 3. The van der Waals surface area contributed by atoms with Gasteiger partial charge in [-0.3, -0.25) is 14.4 Å². The summed E-state index contributed by atoms with van der Waals surface area (Å²) in [6.07, 6.45) is 7.46. The molecule has 0 saturated carbocycles. The molecule has 0 aromatic rings. The first-order valence-corrected chi connectivity index (χ1v) is 15.1. The Balaban J connectivity index is 1.36. The van der Waals surface area contributed by atoms with E-state index in [1.54, 1.807) is 19.9 Å². The zero-order chi connectivity index (χ0) is 31.4. The Morgan fingerprint density at radius 1 is 1.19 bits per heavy atom. The Morgan fingerprint density at radius 2 is 1.88 bits per heavy atom. The number of amides is 2. The van der Waals surface area contributed by atoms with E-state index in [-0.39, 0.29) is 29.6 Å². The molecule has 3 N–H and O–H groups in total. The molecule has 0 aromatic heterocycles. The van der Waals surface area contributed by atoms with E-state index >= 15 is 0 Å². The topological polar surface area (TPSA) is 147 Å². The Bertz CT molecular complexity index is 1280. The van der Waals surface area contributed by atoms with E-state index in [1.165, 1.54) is 18.0 Å². The number of epoxide rings is 1. The monoisotopic (exact) mass is 600 g/mol. The molecule has 2 amide bonds. The number of Topliss-reactive ketones (excluding diaryl/α,β-unsaturated/α-hetero) is 1. The number of ether oxygens (including phenoxy) is 4. The van der Waals surface area contributed by atoms with E-state index in [9.17, 15) is 24.6 Å². The molecule has 5 rings (SSSR count). The maximum atomic E-state index is 13.6. The predicted molar refractivity (Wildman–Crippen MR) is 155 cm³/mol.